The van der Waals surface area contributed by atoms with E-state index in [2.05, 4.69) is 0 Å². The van der Waals surface area contributed by atoms with Gasteiger partial charge in [-0.3, -0.25) is 4.79 Å². The molecule has 120 valence electrons. The molecule has 0 saturated carbocycles. The molecule has 24 heavy (non-hydrogen) atoms. The van der Waals surface area contributed by atoms with E-state index in [0.717, 1.165) is 5.56 Å². The summed E-state index contributed by atoms with van der Waals surface area (Å²) in [5, 5.41) is 1.03. The van der Waals surface area contributed by atoms with Crippen LogP contribution in [0.4, 0.5) is 0 Å². The molecule has 0 aliphatic carbocycles. The van der Waals surface area contributed by atoms with Gasteiger partial charge in [-0.15, -0.1) is 0 Å². The van der Waals surface area contributed by atoms with Crippen molar-refractivity contribution in [1.29, 1.82) is 0 Å². The second kappa shape index (κ2) is 7.08. The molecule has 0 radical (unpaired) electrons. The number of rotatable bonds is 4. The Morgan fingerprint density at radius 3 is 2.29 bits per heavy atom. The van der Waals surface area contributed by atoms with Crippen LogP contribution in [-0.4, -0.2) is 5.78 Å². The van der Waals surface area contributed by atoms with Gasteiger partial charge in [-0.05, 0) is 43.3 Å². The first kappa shape index (κ1) is 16.6. The van der Waals surface area contributed by atoms with Crippen molar-refractivity contribution >= 4 is 35.1 Å². The average Bonchev–Trinajstić information content (AvgIpc) is 3.02. The zero-order chi connectivity index (χ0) is 17.1. The van der Waals surface area contributed by atoms with Crippen molar-refractivity contribution in [2.24, 2.45) is 0 Å². The third kappa shape index (κ3) is 3.61. The Kier molecular flexibility index (Phi) is 4.89. The van der Waals surface area contributed by atoms with Crippen molar-refractivity contribution in [3.63, 3.8) is 0 Å². The van der Waals surface area contributed by atoms with Crippen LogP contribution < -0.4 is 0 Å². The summed E-state index contributed by atoms with van der Waals surface area (Å²) in [4.78, 5) is 12.1. The summed E-state index contributed by atoms with van der Waals surface area (Å²) in [6.07, 6.45) is 3.12. The summed E-state index contributed by atoms with van der Waals surface area (Å²) in [5.41, 5.74) is 2.39. The van der Waals surface area contributed by atoms with Crippen molar-refractivity contribution < 1.29 is 9.21 Å². The van der Waals surface area contributed by atoms with Crippen LogP contribution in [0.1, 0.15) is 21.7 Å². The summed E-state index contributed by atoms with van der Waals surface area (Å²) in [5.74, 6) is 1.04. The zero-order valence-electron chi connectivity index (χ0n) is 12.9. The van der Waals surface area contributed by atoms with Crippen LogP contribution in [0, 0.1) is 6.92 Å². The Morgan fingerprint density at radius 2 is 1.62 bits per heavy atom. The topological polar surface area (TPSA) is 30.2 Å². The van der Waals surface area contributed by atoms with E-state index in [9.17, 15) is 4.79 Å². The highest BCUT2D eigenvalue weighted by Gasteiger charge is 2.12. The van der Waals surface area contributed by atoms with Gasteiger partial charge in [0.1, 0.15) is 11.5 Å². The van der Waals surface area contributed by atoms with E-state index in [-0.39, 0.29) is 5.78 Å². The molecule has 0 fully saturated rings. The molecule has 0 saturated heterocycles. The van der Waals surface area contributed by atoms with Gasteiger partial charge in [-0.1, -0.05) is 59.1 Å². The summed E-state index contributed by atoms with van der Waals surface area (Å²) in [6, 6.07) is 16.3. The predicted octanol–water partition coefficient (Wildman–Crippen LogP) is 6.46. The molecule has 3 aromatic rings. The maximum absolute atomic E-state index is 12.1. The van der Waals surface area contributed by atoms with Crippen LogP contribution in [0.25, 0.3) is 17.4 Å². The minimum atomic E-state index is -0.0799. The van der Waals surface area contributed by atoms with Crippen LogP contribution in [0.3, 0.4) is 0 Å². The van der Waals surface area contributed by atoms with Gasteiger partial charge in [-0.2, -0.15) is 0 Å². The molecule has 2 aromatic carbocycles. The molecule has 0 aliphatic rings. The fourth-order valence-electron chi connectivity index (χ4n) is 2.28. The first-order chi connectivity index (χ1) is 11.5. The van der Waals surface area contributed by atoms with Gasteiger partial charge in [0.15, 0.2) is 5.78 Å². The minimum Gasteiger partial charge on any atom is -0.457 e. The molecule has 1 aromatic heterocycles. The average molecular weight is 357 g/mol. The van der Waals surface area contributed by atoms with Crippen LogP contribution in [0.2, 0.25) is 10.0 Å². The molecule has 4 heteroatoms. The van der Waals surface area contributed by atoms with E-state index >= 15 is 0 Å². The molecule has 0 N–H and O–H groups in total. The number of ketones is 1. The number of hydrogen-bond donors (Lipinski definition) is 0. The highest BCUT2D eigenvalue weighted by atomic mass is 35.5. The monoisotopic (exact) mass is 356 g/mol. The number of allylic oxidation sites excluding steroid dienone is 1. The number of hydrogen-bond acceptors (Lipinski definition) is 2. The molecule has 1 heterocycles. The number of benzene rings is 2. The molecule has 0 amide bonds. The van der Waals surface area contributed by atoms with Crippen LogP contribution in [0.15, 0.2) is 65.1 Å². The maximum Gasteiger partial charge on any atom is 0.185 e. The predicted molar refractivity (Wildman–Crippen MR) is 98.7 cm³/mol. The molecule has 0 atom stereocenters. The second-order valence-corrected chi connectivity index (χ2v) is 6.18. The van der Waals surface area contributed by atoms with Gasteiger partial charge in [0.2, 0.25) is 0 Å². The molecule has 0 spiro atoms. The van der Waals surface area contributed by atoms with Gasteiger partial charge >= 0.3 is 0 Å². The first-order valence-corrected chi connectivity index (χ1v) is 8.13. The summed E-state index contributed by atoms with van der Waals surface area (Å²) >= 11 is 12.4. The summed E-state index contributed by atoms with van der Waals surface area (Å²) in [6.45, 7) is 1.98. The number of aryl methyl sites for hydroxylation is 1. The van der Waals surface area contributed by atoms with Crippen molar-refractivity contribution in [2.75, 3.05) is 0 Å². The first-order valence-electron chi connectivity index (χ1n) is 7.38. The van der Waals surface area contributed by atoms with Gasteiger partial charge in [0.05, 0.1) is 15.6 Å². The van der Waals surface area contributed by atoms with E-state index in [1.165, 1.54) is 6.08 Å². The van der Waals surface area contributed by atoms with Crippen molar-refractivity contribution in [3.05, 3.63) is 87.6 Å². The molecule has 0 aliphatic heterocycles. The largest absolute Gasteiger partial charge is 0.457 e. The van der Waals surface area contributed by atoms with Gasteiger partial charge in [0, 0.05) is 5.56 Å². The quantitative estimate of drug-likeness (QED) is 0.396. The lowest BCUT2D eigenvalue weighted by atomic mass is 10.1. The molecule has 0 bridgehead atoms. The summed E-state index contributed by atoms with van der Waals surface area (Å²) < 4.78 is 5.73. The summed E-state index contributed by atoms with van der Waals surface area (Å²) in [7, 11) is 0. The number of furan rings is 1. The molecular formula is C20H14Cl2O2. The molecule has 2 nitrogen and oxygen atoms in total. The SMILES string of the molecule is Cc1ccc(C(=O)C=Cc2ccc(-c3c(Cl)cccc3Cl)o2)cc1. The minimum absolute atomic E-state index is 0.0799. The highest BCUT2D eigenvalue weighted by molar-refractivity contribution is 6.39. The fraction of sp³-hybridized carbons (Fsp3) is 0.0500. The molecule has 3 rings (SSSR count). The van der Waals surface area contributed by atoms with Gasteiger partial charge < -0.3 is 4.42 Å². The standard InChI is InChI=1S/C20H14Cl2O2/c1-13-5-7-14(8-6-13)18(23)11-9-15-10-12-19(24-15)20-16(21)3-2-4-17(20)22/h2-12H,1H3. The number of carbonyl (C=O) groups excluding carboxylic acids is 1. The zero-order valence-corrected chi connectivity index (χ0v) is 14.4. The Balaban J connectivity index is 1.81. The molecular weight excluding hydrogens is 343 g/mol. The van der Waals surface area contributed by atoms with E-state index in [4.69, 9.17) is 27.6 Å². The lowest BCUT2D eigenvalue weighted by molar-refractivity contribution is 0.104. The second-order valence-electron chi connectivity index (χ2n) is 5.36. The van der Waals surface area contributed by atoms with Crippen LogP contribution >= 0.6 is 23.2 Å². The maximum atomic E-state index is 12.1. The van der Waals surface area contributed by atoms with E-state index in [1.807, 2.05) is 19.1 Å². The van der Waals surface area contributed by atoms with E-state index < -0.39 is 0 Å². The fourth-order valence-corrected chi connectivity index (χ4v) is 2.87. The Bertz CT molecular complexity index is 885. The van der Waals surface area contributed by atoms with Gasteiger partial charge in [0.25, 0.3) is 0 Å². The van der Waals surface area contributed by atoms with Crippen molar-refractivity contribution in [1.82, 2.24) is 0 Å². The Hall–Kier alpha value is -2.29. The number of carbonyl (C=O) groups is 1. The third-order valence-electron chi connectivity index (χ3n) is 3.57. The van der Waals surface area contributed by atoms with Crippen molar-refractivity contribution in [3.8, 4) is 11.3 Å². The van der Waals surface area contributed by atoms with Gasteiger partial charge in [-0.25, -0.2) is 0 Å². The van der Waals surface area contributed by atoms with E-state index in [0.29, 0.717) is 32.7 Å². The third-order valence-corrected chi connectivity index (χ3v) is 4.20. The van der Waals surface area contributed by atoms with Crippen LogP contribution in [0.5, 0.6) is 0 Å². The van der Waals surface area contributed by atoms with Crippen LogP contribution in [-0.2, 0) is 0 Å². The number of halogens is 2. The normalized spacial score (nSPS) is 11.1. The lowest BCUT2D eigenvalue weighted by Gasteiger charge is -2.02. The lowest BCUT2D eigenvalue weighted by Crippen LogP contribution is -1.93. The van der Waals surface area contributed by atoms with Crippen molar-refractivity contribution in [2.45, 2.75) is 6.92 Å². The Labute approximate surface area is 150 Å². The molecule has 0 unspecified atom stereocenters. The Morgan fingerprint density at radius 1 is 0.958 bits per heavy atom. The highest BCUT2D eigenvalue weighted by Crippen LogP contribution is 2.35. The smallest absolute Gasteiger partial charge is 0.185 e. The van der Waals surface area contributed by atoms with E-state index in [1.54, 1.807) is 48.5 Å².